The summed E-state index contributed by atoms with van der Waals surface area (Å²) >= 11 is 5.87. The first-order chi connectivity index (χ1) is 15.1. The van der Waals surface area contributed by atoms with Crippen molar-refractivity contribution >= 4 is 23.4 Å². The molecule has 2 heterocycles. The smallest absolute Gasteiger partial charge is 0.450 e. The van der Waals surface area contributed by atoms with Crippen LogP contribution in [-0.4, -0.2) is 23.1 Å². The number of furan rings is 1. The molecular formula is C22H16ClF3N2O4. The minimum Gasteiger partial charge on any atom is -0.459 e. The van der Waals surface area contributed by atoms with Gasteiger partial charge in [-0.3, -0.25) is 4.79 Å². The van der Waals surface area contributed by atoms with Crippen molar-refractivity contribution in [2.24, 2.45) is 5.92 Å². The van der Waals surface area contributed by atoms with E-state index in [9.17, 15) is 27.9 Å². The molecule has 1 saturated heterocycles. The van der Waals surface area contributed by atoms with Crippen molar-refractivity contribution < 1.29 is 32.3 Å². The highest BCUT2D eigenvalue weighted by Crippen LogP contribution is 2.43. The van der Waals surface area contributed by atoms with E-state index >= 15 is 0 Å². The van der Waals surface area contributed by atoms with Crippen molar-refractivity contribution in [1.82, 2.24) is 10.6 Å². The van der Waals surface area contributed by atoms with Crippen molar-refractivity contribution in [2.75, 3.05) is 0 Å². The number of benzene rings is 2. The predicted molar refractivity (Wildman–Crippen MR) is 108 cm³/mol. The van der Waals surface area contributed by atoms with Gasteiger partial charge in [0.05, 0.1) is 0 Å². The second-order valence-corrected chi connectivity index (χ2v) is 7.69. The van der Waals surface area contributed by atoms with E-state index in [4.69, 9.17) is 16.0 Å². The molecule has 0 saturated carbocycles. The van der Waals surface area contributed by atoms with Crippen LogP contribution in [0.25, 0.3) is 11.3 Å². The van der Waals surface area contributed by atoms with Gasteiger partial charge in [-0.1, -0.05) is 41.9 Å². The second-order valence-electron chi connectivity index (χ2n) is 7.26. The average molecular weight is 465 g/mol. The van der Waals surface area contributed by atoms with Crippen LogP contribution in [0.15, 0.2) is 71.1 Å². The molecule has 1 aliphatic rings. The fraction of sp³-hybridized carbons (Fsp3) is 0.182. The first-order valence-corrected chi connectivity index (χ1v) is 9.80. The van der Waals surface area contributed by atoms with E-state index in [1.807, 2.05) is 0 Å². The molecule has 10 heteroatoms. The summed E-state index contributed by atoms with van der Waals surface area (Å²) in [6.07, 6.45) is -5.28. The maximum absolute atomic E-state index is 13.5. The van der Waals surface area contributed by atoms with Gasteiger partial charge in [0.25, 0.3) is 0 Å². The molecule has 0 spiro atoms. The second kappa shape index (κ2) is 7.99. The van der Waals surface area contributed by atoms with E-state index in [0.29, 0.717) is 10.6 Å². The fourth-order valence-corrected chi connectivity index (χ4v) is 3.86. The van der Waals surface area contributed by atoms with Gasteiger partial charge in [-0.05, 0) is 36.4 Å². The summed E-state index contributed by atoms with van der Waals surface area (Å²) in [4.78, 5) is 24.8. The van der Waals surface area contributed by atoms with E-state index in [1.165, 1.54) is 36.4 Å². The number of rotatable bonds is 4. The Morgan fingerprint density at radius 1 is 1.03 bits per heavy atom. The number of Topliss-reactive ketones (excluding diaryl/α,β-unsaturated/α-hetero) is 1. The van der Waals surface area contributed by atoms with E-state index < -0.39 is 35.7 Å². The summed E-state index contributed by atoms with van der Waals surface area (Å²) in [5.41, 5.74) is -2.13. The van der Waals surface area contributed by atoms with E-state index in [0.717, 1.165) is 0 Å². The number of carbonyl (C=O) groups is 2. The van der Waals surface area contributed by atoms with Gasteiger partial charge in [0.1, 0.15) is 23.5 Å². The lowest BCUT2D eigenvalue weighted by molar-refractivity contribution is -0.190. The standard InChI is InChI=1S/C22H16ClF3N2O4/c23-14-8-6-12(7-9-14)15-10-11-16(32-15)18-17(19(29)22(24,25)26)21(31,28-20(30)27-18)13-4-2-1-3-5-13/h1-11,17-18,31H,(H2,27,28,30)/t17-,18-,21-/m1/s1. The lowest BCUT2D eigenvalue weighted by Gasteiger charge is -2.44. The zero-order chi connectivity index (χ0) is 23.1. The number of halogens is 4. The number of aliphatic hydroxyl groups is 1. The van der Waals surface area contributed by atoms with Gasteiger partial charge in [-0.2, -0.15) is 13.2 Å². The van der Waals surface area contributed by atoms with Gasteiger partial charge in [0, 0.05) is 16.1 Å². The van der Waals surface area contributed by atoms with E-state index in [2.05, 4.69) is 10.6 Å². The Hall–Kier alpha value is -3.30. The Kier molecular flexibility index (Phi) is 5.47. The van der Waals surface area contributed by atoms with Gasteiger partial charge in [-0.15, -0.1) is 0 Å². The molecule has 3 atom stereocenters. The number of carbonyl (C=O) groups excluding carboxylic acids is 2. The molecule has 3 aromatic rings. The van der Waals surface area contributed by atoms with Crippen molar-refractivity contribution in [3.05, 3.63) is 83.1 Å². The molecule has 2 aromatic carbocycles. The van der Waals surface area contributed by atoms with Crippen molar-refractivity contribution in [3.8, 4) is 11.3 Å². The number of urea groups is 1. The molecule has 0 unspecified atom stereocenters. The van der Waals surface area contributed by atoms with Crippen LogP contribution >= 0.6 is 11.6 Å². The third-order valence-electron chi connectivity index (χ3n) is 5.21. The molecular weight excluding hydrogens is 449 g/mol. The molecule has 3 N–H and O–H groups in total. The van der Waals surface area contributed by atoms with Gasteiger partial charge in [-0.25, -0.2) is 4.79 Å². The summed E-state index contributed by atoms with van der Waals surface area (Å²) in [6.45, 7) is 0. The average Bonchev–Trinajstić information content (AvgIpc) is 3.23. The normalized spacial score (nSPS) is 23.3. The molecule has 6 nitrogen and oxygen atoms in total. The highest BCUT2D eigenvalue weighted by Gasteiger charge is 2.60. The maximum atomic E-state index is 13.5. The minimum absolute atomic E-state index is 0.0769. The van der Waals surface area contributed by atoms with Crippen LogP contribution in [0.1, 0.15) is 17.4 Å². The van der Waals surface area contributed by atoms with Crippen molar-refractivity contribution in [2.45, 2.75) is 17.9 Å². The Labute approximate surface area is 185 Å². The fourth-order valence-electron chi connectivity index (χ4n) is 3.74. The van der Waals surface area contributed by atoms with Gasteiger partial charge >= 0.3 is 12.2 Å². The Balaban J connectivity index is 1.81. The summed E-state index contributed by atoms with van der Waals surface area (Å²) in [5, 5.41) is 16.1. The van der Waals surface area contributed by atoms with Crippen LogP contribution < -0.4 is 10.6 Å². The zero-order valence-electron chi connectivity index (χ0n) is 16.2. The van der Waals surface area contributed by atoms with E-state index in [-0.39, 0.29) is 17.1 Å². The summed E-state index contributed by atoms with van der Waals surface area (Å²) in [7, 11) is 0. The third-order valence-corrected chi connectivity index (χ3v) is 5.46. The molecule has 0 aliphatic carbocycles. The first-order valence-electron chi connectivity index (χ1n) is 9.43. The molecule has 0 radical (unpaired) electrons. The van der Waals surface area contributed by atoms with Crippen molar-refractivity contribution in [1.29, 1.82) is 0 Å². The summed E-state index contributed by atoms with van der Waals surface area (Å²) in [6, 6.07) is 13.9. The SMILES string of the molecule is O=C1N[C@H](c2ccc(-c3ccc(Cl)cc3)o2)[C@H](C(=O)C(F)(F)F)[C@](O)(c2ccccc2)N1. The molecule has 32 heavy (non-hydrogen) atoms. The number of hydrogen-bond donors (Lipinski definition) is 3. The Morgan fingerprint density at radius 3 is 2.31 bits per heavy atom. The van der Waals surface area contributed by atoms with Crippen LogP contribution in [0, 0.1) is 5.92 Å². The van der Waals surface area contributed by atoms with Crippen molar-refractivity contribution in [3.63, 3.8) is 0 Å². The van der Waals surface area contributed by atoms with Gasteiger partial charge < -0.3 is 20.2 Å². The zero-order valence-corrected chi connectivity index (χ0v) is 16.9. The van der Waals surface area contributed by atoms with Crippen LogP contribution in [0.4, 0.5) is 18.0 Å². The topological polar surface area (TPSA) is 91.6 Å². The third kappa shape index (κ3) is 3.96. The molecule has 1 fully saturated rings. The molecule has 1 aliphatic heterocycles. The van der Waals surface area contributed by atoms with Crippen LogP contribution in [0.5, 0.6) is 0 Å². The number of alkyl halides is 3. The van der Waals surface area contributed by atoms with Gasteiger partial charge in [0.2, 0.25) is 5.78 Å². The first kappa shape index (κ1) is 21.9. The lowest BCUT2D eigenvalue weighted by Crippen LogP contribution is -2.66. The molecule has 1 aromatic heterocycles. The summed E-state index contributed by atoms with van der Waals surface area (Å²) in [5.74, 6) is -4.22. The number of hydrogen-bond acceptors (Lipinski definition) is 4. The number of ketones is 1. The molecule has 2 amide bonds. The van der Waals surface area contributed by atoms with Crippen LogP contribution in [0.3, 0.4) is 0 Å². The molecule has 166 valence electrons. The largest absolute Gasteiger partial charge is 0.459 e. The minimum atomic E-state index is -5.28. The highest BCUT2D eigenvalue weighted by molar-refractivity contribution is 6.30. The quantitative estimate of drug-likeness (QED) is 0.528. The molecule has 4 rings (SSSR count). The Morgan fingerprint density at radius 2 is 1.69 bits per heavy atom. The maximum Gasteiger partial charge on any atom is 0.450 e. The molecule has 0 bridgehead atoms. The summed E-state index contributed by atoms with van der Waals surface area (Å²) < 4.78 is 46.3. The predicted octanol–water partition coefficient (Wildman–Crippen LogP) is 4.55. The monoisotopic (exact) mass is 464 g/mol. The number of amides is 2. The Bertz CT molecular complexity index is 1150. The lowest BCUT2D eigenvalue weighted by atomic mass is 9.77. The number of nitrogens with one attached hydrogen (secondary N) is 2. The van der Waals surface area contributed by atoms with Gasteiger partial charge in [0.15, 0.2) is 5.72 Å². The van der Waals surface area contributed by atoms with Crippen LogP contribution in [0.2, 0.25) is 5.02 Å². The van der Waals surface area contributed by atoms with Crippen LogP contribution in [-0.2, 0) is 10.5 Å². The van der Waals surface area contributed by atoms with E-state index in [1.54, 1.807) is 30.3 Å². The highest BCUT2D eigenvalue weighted by atomic mass is 35.5.